The fraction of sp³-hybridized carbons (Fsp3) is 0.533. The van der Waals surface area contributed by atoms with E-state index in [0.29, 0.717) is 6.54 Å². The molecule has 2 rings (SSSR count). The molecule has 2 N–H and O–H groups in total. The molecule has 0 bridgehead atoms. The lowest BCUT2D eigenvalue weighted by molar-refractivity contribution is -0.126. The van der Waals surface area contributed by atoms with Crippen LogP contribution in [0.4, 0.5) is 4.39 Å². The largest absolute Gasteiger partial charge is 0.355 e. The molecule has 1 fully saturated rings. The third-order valence-corrected chi connectivity index (χ3v) is 3.72. The summed E-state index contributed by atoms with van der Waals surface area (Å²) < 4.78 is 12.7. The van der Waals surface area contributed by atoms with Crippen LogP contribution in [-0.4, -0.2) is 25.0 Å². The fourth-order valence-corrected chi connectivity index (χ4v) is 2.51. The van der Waals surface area contributed by atoms with E-state index in [9.17, 15) is 9.18 Å². The number of rotatable bonds is 4. The van der Waals surface area contributed by atoms with Crippen molar-refractivity contribution in [3.05, 3.63) is 35.6 Å². The Labute approximate surface area is 113 Å². The van der Waals surface area contributed by atoms with E-state index in [2.05, 4.69) is 17.6 Å². The van der Waals surface area contributed by atoms with Gasteiger partial charge in [0.15, 0.2) is 0 Å². The second kappa shape index (κ2) is 6.66. The molecule has 4 heteroatoms. The van der Waals surface area contributed by atoms with E-state index in [4.69, 9.17) is 0 Å². The molecule has 1 amide bonds. The highest BCUT2D eigenvalue weighted by molar-refractivity contribution is 5.79. The molecule has 1 aliphatic heterocycles. The lowest BCUT2D eigenvalue weighted by Crippen LogP contribution is -2.47. The number of carbonyl (C=O) groups is 1. The summed E-state index contributed by atoms with van der Waals surface area (Å²) >= 11 is 0. The Balaban J connectivity index is 1.75. The first-order valence-electron chi connectivity index (χ1n) is 6.92. The Morgan fingerprint density at radius 2 is 2.16 bits per heavy atom. The Kier molecular flexibility index (Phi) is 4.91. The molecular weight excluding hydrogens is 243 g/mol. The van der Waals surface area contributed by atoms with Crippen LogP contribution in [0.2, 0.25) is 0 Å². The first kappa shape index (κ1) is 14.0. The van der Waals surface area contributed by atoms with Crippen LogP contribution < -0.4 is 10.6 Å². The van der Waals surface area contributed by atoms with Crippen LogP contribution in [0.25, 0.3) is 0 Å². The van der Waals surface area contributed by atoms with Crippen LogP contribution >= 0.6 is 0 Å². The molecule has 1 heterocycles. The van der Waals surface area contributed by atoms with Crippen LogP contribution in [0, 0.1) is 11.7 Å². The lowest BCUT2D eigenvalue weighted by Gasteiger charge is -2.28. The number of carbonyl (C=O) groups excluding carboxylic acids is 1. The third kappa shape index (κ3) is 4.03. The van der Waals surface area contributed by atoms with Crippen molar-refractivity contribution in [3.63, 3.8) is 0 Å². The molecule has 2 atom stereocenters. The van der Waals surface area contributed by atoms with Crippen LogP contribution in [0.15, 0.2) is 24.3 Å². The minimum Gasteiger partial charge on any atom is -0.355 e. The van der Waals surface area contributed by atoms with Crippen molar-refractivity contribution >= 4 is 5.91 Å². The van der Waals surface area contributed by atoms with Crippen molar-refractivity contribution in [2.45, 2.75) is 32.2 Å². The number of amides is 1. The lowest BCUT2D eigenvalue weighted by atomic mass is 9.91. The molecule has 0 spiro atoms. The van der Waals surface area contributed by atoms with Crippen LogP contribution in [0.1, 0.15) is 25.3 Å². The second-order valence-corrected chi connectivity index (χ2v) is 5.16. The Bertz CT molecular complexity index is 419. The fourth-order valence-electron chi connectivity index (χ4n) is 2.51. The zero-order chi connectivity index (χ0) is 13.7. The predicted molar refractivity (Wildman–Crippen MR) is 73.3 cm³/mol. The van der Waals surface area contributed by atoms with Crippen LogP contribution in [0.5, 0.6) is 0 Å². The van der Waals surface area contributed by atoms with Gasteiger partial charge in [0.2, 0.25) is 5.91 Å². The van der Waals surface area contributed by atoms with Gasteiger partial charge in [-0.1, -0.05) is 12.1 Å². The van der Waals surface area contributed by atoms with E-state index in [1.54, 1.807) is 12.1 Å². The Morgan fingerprint density at radius 3 is 2.84 bits per heavy atom. The van der Waals surface area contributed by atoms with Gasteiger partial charge in [0.05, 0.1) is 5.92 Å². The molecule has 104 valence electrons. The standard InChI is InChI=1S/C15H21FN2O/c1-11-14(3-2-9-17-11)15(19)18-10-8-12-4-6-13(16)7-5-12/h4-7,11,14,17H,2-3,8-10H2,1H3,(H,18,19). The number of nitrogens with one attached hydrogen (secondary N) is 2. The van der Waals surface area contributed by atoms with Gasteiger partial charge in [0.1, 0.15) is 5.82 Å². The van der Waals surface area contributed by atoms with Crippen LogP contribution in [0.3, 0.4) is 0 Å². The average molecular weight is 264 g/mol. The van der Waals surface area contributed by atoms with E-state index in [1.807, 2.05) is 0 Å². The summed E-state index contributed by atoms with van der Waals surface area (Å²) in [5.41, 5.74) is 1.04. The first-order chi connectivity index (χ1) is 9.16. The van der Waals surface area contributed by atoms with Crippen molar-refractivity contribution in [1.29, 1.82) is 0 Å². The van der Waals surface area contributed by atoms with Gasteiger partial charge < -0.3 is 10.6 Å². The zero-order valence-corrected chi connectivity index (χ0v) is 11.3. The number of hydrogen-bond acceptors (Lipinski definition) is 2. The summed E-state index contributed by atoms with van der Waals surface area (Å²) in [6.07, 6.45) is 2.75. The minimum atomic E-state index is -0.227. The van der Waals surface area contributed by atoms with Crippen LogP contribution in [-0.2, 0) is 11.2 Å². The van der Waals surface area contributed by atoms with Crippen molar-refractivity contribution in [2.24, 2.45) is 5.92 Å². The second-order valence-electron chi connectivity index (χ2n) is 5.16. The maximum atomic E-state index is 12.7. The molecule has 1 aromatic rings. The monoisotopic (exact) mass is 264 g/mol. The van der Waals surface area contributed by atoms with E-state index in [-0.39, 0.29) is 23.7 Å². The zero-order valence-electron chi connectivity index (χ0n) is 11.3. The summed E-state index contributed by atoms with van der Waals surface area (Å²) in [7, 11) is 0. The van der Waals surface area contributed by atoms with E-state index < -0.39 is 0 Å². The van der Waals surface area contributed by atoms with Crippen molar-refractivity contribution in [1.82, 2.24) is 10.6 Å². The van der Waals surface area contributed by atoms with Crippen molar-refractivity contribution < 1.29 is 9.18 Å². The van der Waals surface area contributed by atoms with Crippen molar-refractivity contribution in [2.75, 3.05) is 13.1 Å². The number of piperidine rings is 1. The molecule has 1 saturated heterocycles. The average Bonchev–Trinajstić information content (AvgIpc) is 2.41. The number of benzene rings is 1. The predicted octanol–water partition coefficient (Wildman–Crippen LogP) is 1.87. The van der Waals surface area contributed by atoms with Crippen molar-refractivity contribution in [3.8, 4) is 0 Å². The van der Waals surface area contributed by atoms with Gasteiger partial charge in [-0.05, 0) is 50.4 Å². The number of halogens is 1. The summed E-state index contributed by atoms with van der Waals surface area (Å²) in [6, 6.07) is 6.66. The SMILES string of the molecule is CC1NCCCC1C(=O)NCCc1ccc(F)cc1. The highest BCUT2D eigenvalue weighted by Gasteiger charge is 2.26. The maximum absolute atomic E-state index is 12.7. The van der Waals surface area contributed by atoms with Gasteiger partial charge in [-0.3, -0.25) is 4.79 Å². The molecule has 0 aliphatic carbocycles. The summed E-state index contributed by atoms with van der Waals surface area (Å²) in [6.45, 7) is 3.66. The van der Waals surface area contributed by atoms with Gasteiger partial charge in [0, 0.05) is 12.6 Å². The maximum Gasteiger partial charge on any atom is 0.224 e. The molecule has 3 nitrogen and oxygen atoms in total. The molecule has 0 saturated carbocycles. The smallest absolute Gasteiger partial charge is 0.224 e. The first-order valence-corrected chi connectivity index (χ1v) is 6.92. The normalized spacial score (nSPS) is 23.1. The van der Waals surface area contributed by atoms with E-state index in [1.165, 1.54) is 12.1 Å². The highest BCUT2D eigenvalue weighted by Crippen LogP contribution is 2.16. The third-order valence-electron chi connectivity index (χ3n) is 3.72. The molecule has 1 aliphatic rings. The van der Waals surface area contributed by atoms with Gasteiger partial charge in [-0.2, -0.15) is 0 Å². The topological polar surface area (TPSA) is 41.1 Å². The Morgan fingerprint density at radius 1 is 1.42 bits per heavy atom. The van der Waals surface area contributed by atoms with Gasteiger partial charge in [-0.15, -0.1) is 0 Å². The number of hydrogen-bond donors (Lipinski definition) is 2. The molecule has 19 heavy (non-hydrogen) atoms. The summed E-state index contributed by atoms with van der Waals surface area (Å²) in [5, 5.41) is 6.30. The molecule has 2 unspecified atom stereocenters. The quantitative estimate of drug-likeness (QED) is 0.871. The molecule has 0 aromatic heterocycles. The minimum absolute atomic E-state index is 0.0713. The van der Waals surface area contributed by atoms with E-state index in [0.717, 1.165) is 31.4 Å². The Hall–Kier alpha value is -1.42. The van der Waals surface area contributed by atoms with Gasteiger partial charge in [-0.25, -0.2) is 4.39 Å². The van der Waals surface area contributed by atoms with Gasteiger partial charge in [0.25, 0.3) is 0 Å². The molecular formula is C15H21FN2O. The molecule has 1 aromatic carbocycles. The summed E-state index contributed by atoms with van der Waals surface area (Å²) in [4.78, 5) is 12.0. The van der Waals surface area contributed by atoms with E-state index >= 15 is 0 Å². The van der Waals surface area contributed by atoms with Gasteiger partial charge >= 0.3 is 0 Å². The highest BCUT2D eigenvalue weighted by atomic mass is 19.1. The summed E-state index contributed by atoms with van der Waals surface area (Å²) in [5.74, 6) is -0.0290. The molecule has 0 radical (unpaired) electrons.